The van der Waals surface area contributed by atoms with Gasteiger partial charge >= 0.3 is 12.0 Å². The molecule has 5 aliphatic heterocycles. The molecular formula is C35H29Cl2F3N10O3S. The lowest BCUT2D eigenvalue weighted by molar-refractivity contribution is 0.0362. The quantitative estimate of drug-likeness (QED) is 0.222. The number of hydrogen-bond donors (Lipinski definition) is 1. The summed E-state index contributed by atoms with van der Waals surface area (Å²) in [4.78, 5) is 32.7. The van der Waals surface area contributed by atoms with Crippen LogP contribution >= 0.6 is 34.5 Å². The molecule has 0 bridgehead atoms. The smallest absolute Gasteiger partial charge is 0.346 e. The summed E-state index contributed by atoms with van der Waals surface area (Å²) in [7, 11) is 0. The third kappa shape index (κ3) is 4.75. The Bertz CT molecular complexity index is 2500. The first-order chi connectivity index (χ1) is 26.0. The van der Waals surface area contributed by atoms with Gasteiger partial charge in [0.05, 0.1) is 37.8 Å². The molecule has 0 saturated carbocycles. The topological polar surface area (TPSA) is 152 Å². The van der Waals surface area contributed by atoms with Crippen molar-refractivity contribution in [3.63, 3.8) is 0 Å². The van der Waals surface area contributed by atoms with E-state index in [9.17, 15) is 14.4 Å². The number of carbonyl (C=O) groups is 1. The molecule has 1 amide bonds. The Kier molecular flexibility index (Phi) is 7.49. The summed E-state index contributed by atoms with van der Waals surface area (Å²) in [6, 6.07) is 3.72. The first-order valence-corrected chi connectivity index (χ1v) is 19.0. The molecule has 4 fully saturated rings. The van der Waals surface area contributed by atoms with Gasteiger partial charge in [0.1, 0.15) is 53.9 Å². The van der Waals surface area contributed by atoms with Crippen molar-refractivity contribution in [2.24, 2.45) is 0 Å². The summed E-state index contributed by atoms with van der Waals surface area (Å²) < 4.78 is 61.1. The van der Waals surface area contributed by atoms with Gasteiger partial charge in [0, 0.05) is 37.0 Å². The Morgan fingerprint density at radius 2 is 2.04 bits per heavy atom. The number of aromatic nitrogens is 5. The highest BCUT2D eigenvalue weighted by molar-refractivity contribution is 7.23. The average Bonchev–Trinajstić information content (AvgIpc) is 3.95. The van der Waals surface area contributed by atoms with Crippen LogP contribution < -0.4 is 20.1 Å². The van der Waals surface area contributed by atoms with Crippen molar-refractivity contribution < 1.29 is 27.4 Å². The van der Waals surface area contributed by atoms with E-state index in [0.717, 1.165) is 35.4 Å². The van der Waals surface area contributed by atoms with Crippen LogP contribution in [-0.2, 0) is 0 Å². The van der Waals surface area contributed by atoms with Gasteiger partial charge in [-0.1, -0.05) is 17.7 Å². The molecule has 10 rings (SSSR count). The molecule has 8 heterocycles. The fourth-order valence-corrected chi connectivity index (χ4v) is 10.8. The second kappa shape index (κ2) is 11.9. The number of nitriles is 1. The molecule has 278 valence electrons. The summed E-state index contributed by atoms with van der Waals surface area (Å²) in [6.07, 6.45) is 3.39. The predicted octanol–water partition coefficient (Wildman–Crippen LogP) is 6.18. The molecule has 5 aliphatic rings. The van der Waals surface area contributed by atoms with E-state index in [2.05, 4.69) is 20.0 Å². The largest absolute Gasteiger partial charge is 0.489 e. The van der Waals surface area contributed by atoms with Crippen molar-refractivity contribution in [1.82, 2.24) is 34.5 Å². The number of thiophene rings is 1. The number of nitrogens with zero attached hydrogens (tertiary/aromatic N) is 9. The Hall–Kier alpha value is -4.63. The molecular weight excluding hydrogens is 768 g/mol. The highest BCUT2D eigenvalue weighted by atomic mass is 35.5. The molecule has 0 aliphatic carbocycles. The lowest BCUT2D eigenvalue weighted by atomic mass is 9.82. The van der Waals surface area contributed by atoms with Crippen LogP contribution in [0, 0.1) is 23.0 Å². The van der Waals surface area contributed by atoms with Crippen LogP contribution in [0.4, 0.5) is 28.8 Å². The van der Waals surface area contributed by atoms with Crippen LogP contribution in [-0.4, -0.2) is 103 Å². The fourth-order valence-electron chi connectivity index (χ4n) is 9.35. The van der Waals surface area contributed by atoms with Crippen molar-refractivity contribution in [3.8, 4) is 29.0 Å². The molecule has 54 heavy (non-hydrogen) atoms. The summed E-state index contributed by atoms with van der Waals surface area (Å²) in [5.41, 5.74) is 4.79. The number of ether oxygens (including phenoxy) is 2. The van der Waals surface area contributed by atoms with Crippen LogP contribution in [0.3, 0.4) is 0 Å². The maximum Gasteiger partial charge on any atom is 0.346 e. The SMILES string of the molecule is N#Cc1c(N)sc2c(F)ccc(-c3c(Cl)c4c5c(nc(OC[C@@]67CCCN6C[C@H](F)C7)nc5c3F)N3CC5(CCN5C(=O)n5cnc(Cl)n5)CC3CO4)c12. The maximum atomic E-state index is 17.4. The summed E-state index contributed by atoms with van der Waals surface area (Å²) in [5.74, 6) is -1.06. The third-order valence-corrected chi connectivity index (χ3v) is 13.4. The van der Waals surface area contributed by atoms with Gasteiger partial charge in [-0.05, 0) is 55.5 Å². The maximum absolute atomic E-state index is 17.4. The Morgan fingerprint density at radius 1 is 1.19 bits per heavy atom. The molecule has 1 spiro atoms. The predicted molar refractivity (Wildman–Crippen MR) is 194 cm³/mol. The zero-order chi connectivity index (χ0) is 37.3. The van der Waals surface area contributed by atoms with Crippen molar-refractivity contribution >= 4 is 72.4 Å². The second-order valence-corrected chi connectivity index (χ2v) is 16.4. The van der Waals surface area contributed by atoms with Crippen molar-refractivity contribution in [3.05, 3.63) is 46.0 Å². The molecule has 3 aromatic heterocycles. The number of halogens is 5. The number of carbonyl (C=O) groups excluding carboxylic acids is 1. The van der Waals surface area contributed by atoms with Gasteiger partial charge in [-0.25, -0.2) is 22.9 Å². The van der Waals surface area contributed by atoms with E-state index in [1.54, 1.807) is 4.90 Å². The molecule has 4 atom stereocenters. The van der Waals surface area contributed by atoms with Crippen LogP contribution in [0.1, 0.15) is 37.7 Å². The number of likely N-dealkylation sites (tertiary alicyclic amines) is 1. The number of hydrogen-bond acceptors (Lipinski definition) is 12. The van der Waals surface area contributed by atoms with Crippen LogP contribution in [0.5, 0.6) is 11.8 Å². The normalized spacial score (nSPS) is 25.9. The van der Waals surface area contributed by atoms with E-state index >= 15 is 8.78 Å². The number of amides is 1. The number of rotatable bonds is 4. The van der Waals surface area contributed by atoms with Gasteiger partial charge < -0.3 is 25.0 Å². The zero-order valence-corrected chi connectivity index (χ0v) is 30.6. The van der Waals surface area contributed by atoms with Gasteiger partial charge in [0.15, 0.2) is 11.6 Å². The van der Waals surface area contributed by atoms with Gasteiger partial charge in [0.2, 0.25) is 5.28 Å². The van der Waals surface area contributed by atoms with Gasteiger partial charge in [-0.2, -0.15) is 19.9 Å². The van der Waals surface area contributed by atoms with Crippen LogP contribution in [0.25, 0.3) is 32.1 Å². The number of alkyl halides is 1. The van der Waals surface area contributed by atoms with E-state index in [1.807, 2.05) is 11.0 Å². The van der Waals surface area contributed by atoms with E-state index in [1.165, 1.54) is 18.5 Å². The number of nitrogens with two attached hydrogens (primary N) is 1. The second-order valence-electron chi connectivity index (χ2n) is 14.7. The van der Waals surface area contributed by atoms with Crippen molar-refractivity contribution in [2.45, 2.75) is 55.4 Å². The summed E-state index contributed by atoms with van der Waals surface area (Å²) in [5, 5.41) is 14.2. The van der Waals surface area contributed by atoms with Crippen molar-refractivity contribution in [2.75, 3.05) is 50.0 Å². The minimum Gasteiger partial charge on any atom is -0.489 e. The molecule has 2 unspecified atom stereocenters. The van der Waals surface area contributed by atoms with Gasteiger partial charge in [-0.15, -0.1) is 16.4 Å². The van der Waals surface area contributed by atoms with Gasteiger partial charge in [0.25, 0.3) is 0 Å². The van der Waals surface area contributed by atoms with Crippen LogP contribution in [0.15, 0.2) is 18.5 Å². The molecule has 4 saturated heterocycles. The van der Waals surface area contributed by atoms with Gasteiger partial charge in [-0.3, -0.25) is 4.90 Å². The standard InChI is InChI=1S/C35H29Cl2F3N10O3S/c36-24-22(18-2-3-20(39)28-21(18)19(10-41)29(42)54-28)25(40)26-23-27(24)52-12-17-9-34(5-7-49(34)33(51)50-15-43-31(37)46-50)13-48(17)30(23)45-32(44-26)53-14-35-4-1-6-47(35)11-16(38)8-35/h2-3,15-17H,1,4-9,11-14,42H2/t16-,17?,34?,35+/m1/s1. The van der Waals surface area contributed by atoms with Crippen molar-refractivity contribution in [1.29, 1.82) is 5.26 Å². The molecule has 5 aromatic rings. The summed E-state index contributed by atoms with van der Waals surface area (Å²) in [6.45, 7) is 2.06. The monoisotopic (exact) mass is 796 g/mol. The van der Waals surface area contributed by atoms with E-state index in [4.69, 9.17) is 43.4 Å². The number of anilines is 2. The minimum absolute atomic E-state index is 0.000979. The highest BCUT2D eigenvalue weighted by Gasteiger charge is 2.57. The number of fused-ring (bicyclic) bond motifs is 4. The lowest BCUT2D eigenvalue weighted by Gasteiger charge is -2.50. The fraction of sp³-hybridized carbons (Fsp3) is 0.429. The molecule has 13 nitrogen and oxygen atoms in total. The molecule has 0 radical (unpaired) electrons. The van der Waals surface area contributed by atoms with Crippen LogP contribution in [0.2, 0.25) is 10.3 Å². The average molecular weight is 798 g/mol. The molecule has 2 N–H and O–H groups in total. The zero-order valence-electron chi connectivity index (χ0n) is 28.3. The first kappa shape index (κ1) is 33.9. The van der Waals surface area contributed by atoms with E-state index in [-0.39, 0.29) is 90.0 Å². The highest BCUT2D eigenvalue weighted by Crippen LogP contribution is 2.54. The Morgan fingerprint density at radius 3 is 2.80 bits per heavy atom. The van der Waals surface area contributed by atoms with E-state index in [0.29, 0.717) is 44.7 Å². The Balaban J connectivity index is 1.13. The summed E-state index contributed by atoms with van der Waals surface area (Å²) >= 11 is 13.9. The lowest BCUT2D eigenvalue weighted by Crippen LogP contribution is -2.64. The Labute approximate surface area is 318 Å². The third-order valence-electron chi connectivity index (χ3n) is 11.9. The van der Waals surface area contributed by atoms with E-state index < -0.39 is 28.9 Å². The number of nitrogen functional groups attached to an aromatic ring is 1. The molecule has 19 heteroatoms. The first-order valence-electron chi connectivity index (χ1n) is 17.4. The molecule has 2 aromatic carbocycles. The minimum atomic E-state index is -0.988. The number of benzene rings is 2.